The number of hydroxylamine groups is 2. The average Bonchev–Trinajstić information content (AvgIpc) is 2.46. The van der Waals surface area contributed by atoms with Crippen LogP contribution in [0.3, 0.4) is 0 Å². The molecule has 1 amide bonds. The van der Waals surface area contributed by atoms with Gasteiger partial charge in [-0.1, -0.05) is 24.3 Å². The van der Waals surface area contributed by atoms with Gasteiger partial charge in [-0.3, -0.25) is 15.0 Å². The number of likely N-dealkylation sites (N-methyl/N-ethyl adjacent to an activating group) is 1. The minimum atomic E-state index is -0.777. The molecule has 1 unspecified atom stereocenters. The summed E-state index contributed by atoms with van der Waals surface area (Å²) in [7, 11) is 4.32. The van der Waals surface area contributed by atoms with Crippen molar-refractivity contribution in [1.29, 1.82) is 10.9 Å². The molecule has 0 aromatic heterocycles. The number of rotatable bonds is 5. The number of amides is 1. The second kappa shape index (κ2) is 6.72. The van der Waals surface area contributed by atoms with Crippen molar-refractivity contribution >= 4 is 11.7 Å². The van der Waals surface area contributed by atoms with E-state index in [9.17, 15) is 4.79 Å². The van der Waals surface area contributed by atoms with Gasteiger partial charge in [0.15, 0.2) is 11.9 Å². The topological polar surface area (TPSA) is 98.8 Å². The molecule has 0 saturated carbocycles. The van der Waals surface area contributed by atoms with Crippen LogP contribution in [0.4, 0.5) is 0 Å². The van der Waals surface area contributed by atoms with Crippen molar-refractivity contribution in [3.8, 4) is 0 Å². The second-order valence-corrected chi connectivity index (χ2v) is 3.72. The van der Waals surface area contributed by atoms with Gasteiger partial charge in [-0.2, -0.15) is 0 Å². The molecule has 7 nitrogen and oxygen atoms in total. The summed E-state index contributed by atoms with van der Waals surface area (Å²) < 4.78 is 5.16. The number of carbonyl (C=O) groups excluding carboxylic acids is 1. The molecular formula is C12H16N4O3. The fourth-order valence-electron chi connectivity index (χ4n) is 1.51. The van der Waals surface area contributed by atoms with Crippen LogP contribution < -0.4 is 0 Å². The number of hydrogen-bond donors (Lipinski definition) is 2. The lowest BCUT2D eigenvalue weighted by Gasteiger charge is -2.21. The van der Waals surface area contributed by atoms with Gasteiger partial charge in [-0.15, -0.1) is 5.11 Å². The first-order chi connectivity index (χ1) is 9.04. The zero-order valence-corrected chi connectivity index (χ0v) is 11.0. The number of carbonyl (C=O) groups is 1. The summed E-state index contributed by atoms with van der Waals surface area (Å²) in [6.45, 7) is 0. The minimum Gasteiger partial charge on any atom is -0.367 e. The van der Waals surface area contributed by atoms with Gasteiger partial charge < -0.3 is 4.74 Å². The van der Waals surface area contributed by atoms with Gasteiger partial charge in [0.1, 0.15) is 0 Å². The molecule has 1 rings (SSSR count). The smallest absolute Gasteiger partial charge is 0.279 e. The highest BCUT2D eigenvalue weighted by molar-refractivity contribution is 5.96. The summed E-state index contributed by atoms with van der Waals surface area (Å²) >= 11 is 0. The van der Waals surface area contributed by atoms with Crippen molar-refractivity contribution in [2.24, 2.45) is 5.11 Å². The molecule has 1 aromatic carbocycles. The van der Waals surface area contributed by atoms with E-state index in [2.05, 4.69) is 5.11 Å². The molecule has 0 aliphatic heterocycles. The van der Waals surface area contributed by atoms with E-state index in [0.717, 1.165) is 5.06 Å². The van der Waals surface area contributed by atoms with Crippen LogP contribution in [-0.4, -0.2) is 38.1 Å². The summed E-state index contributed by atoms with van der Waals surface area (Å²) in [5.74, 6) is -0.473. The Morgan fingerprint density at radius 2 is 1.89 bits per heavy atom. The lowest BCUT2D eigenvalue weighted by molar-refractivity contribution is -0.179. The number of methoxy groups -OCH3 is 1. The average molecular weight is 264 g/mol. The van der Waals surface area contributed by atoms with Gasteiger partial charge in [0, 0.05) is 19.7 Å². The predicted molar refractivity (Wildman–Crippen MR) is 67.9 cm³/mol. The fourth-order valence-corrected chi connectivity index (χ4v) is 1.51. The normalized spacial score (nSPS) is 11.7. The number of hydrogen-bond acceptors (Lipinski definition) is 5. The Morgan fingerprint density at radius 3 is 2.32 bits per heavy atom. The van der Waals surface area contributed by atoms with Crippen LogP contribution in [0.5, 0.6) is 0 Å². The Hall–Kier alpha value is -2.12. The predicted octanol–water partition coefficient (Wildman–Crippen LogP) is 1.75. The first kappa shape index (κ1) is 14.9. The van der Waals surface area contributed by atoms with Crippen molar-refractivity contribution in [2.75, 3.05) is 21.3 Å². The highest BCUT2D eigenvalue weighted by Gasteiger charge is 2.23. The lowest BCUT2D eigenvalue weighted by Crippen LogP contribution is -2.31. The van der Waals surface area contributed by atoms with Gasteiger partial charge in [0.2, 0.25) is 0 Å². The van der Waals surface area contributed by atoms with Crippen molar-refractivity contribution in [3.05, 3.63) is 35.4 Å². The molecule has 0 fully saturated rings. The molecule has 0 bridgehead atoms. The summed E-state index contributed by atoms with van der Waals surface area (Å²) in [4.78, 5) is 16.8. The SMILES string of the molecule is COC(C(=O)N(C)OC)c1ccc(C(=N)N=N)cc1. The molecule has 1 aromatic rings. The quantitative estimate of drug-likeness (QED) is 0.367. The van der Waals surface area contributed by atoms with Crippen molar-refractivity contribution in [2.45, 2.75) is 6.10 Å². The molecule has 0 saturated heterocycles. The van der Waals surface area contributed by atoms with Gasteiger partial charge in [0.25, 0.3) is 5.91 Å². The van der Waals surface area contributed by atoms with Gasteiger partial charge >= 0.3 is 0 Å². The third kappa shape index (κ3) is 3.43. The third-order valence-electron chi connectivity index (χ3n) is 2.64. The minimum absolute atomic E-state index is 0.138. The highest BCUT2D eigenvalue weighted by atomic mass is 16.7. The number of nitrogens with zero attached hydrogens (tertiary/aromatic N) is 2. The molecule has 0 radical (unpaired) electrons. The number of benzene rings is 1. The summed E-state index contributed by atoms with van der Waals surface area (Å²) in [6, 6.07) is 6.54. The van der Waals surface area contributed by atoms with Gasteiger partial charge in [-0.25, -0.2) is 10.6 Å². The van der Waals surface area contributed by atoms with Crippen LogP contribution in [-0.2, 0) is 14.4 Å². The lowest BCUT2D eigenvalue weighted by atomic mass is 10.1. The molecular weight excluding hydrogens is 248 g/mol. The van der Waals surface area contributed by atoms with Crippen LogP contribution in [0.25, 0.3) is 0 Å². The zero-order valence-electron chi connectivity index (χ0n) is 11.0. The summed E-state index contributed by atoms with van der Waals surface area (Å²) in [5, 5.41) is 11.5. The van der Waals surface area contributed by atoms with Crippen LogP contribution in [0.15, 0.2) is 29.4 Å². The molecule has 19 heavy (non-hydrogen) atoms. The highest BCUT2D eigenvalue weighted by Crippen LogP contribution is 2.20. The van der Waals surface area contributed by atoms with Gasteiger partial charge in [-0.05, 0) is 5.56 Å². The van der Waals surface area contributed by atoms with Crippen LogP contribution >= 0.6 is 0 Å². The summed E-state index contributed by atoms with van der Waals surface area (Å²) in [5.41, 5.74) is 7.91. The van der Waals surface area contributed by atoms with Crippen LogP contribution in [0.2, 0.25) is 0 Å². The van der Waals surface area contributed by atoms with E-state index >= 15 is 0 Å². The Labute approximate surface area is 111 Å². The zero-order chi connectivity index (χ0) is 14.4. The van der Waals surface area contributed by atoms with E-state index in [4.69, 9.17) is 20.5 Å². The van der Waals surface area contributed by atoms with E-state index in [-0.39, 0.29) is 11.7 Å². The Morgan fingerprint density at radius 1 is 1.32 bits per heavy atom. The second-order valence-electron chi connectivity index (χ2n) is 3.72. The largest absolute Gasteiger partial charge is 0.367 e. The number of nitrogens with one attached hydrogen (secondary N) is 2. The van der Waals surface area contributed by atoms with E-state index in [0.29, 0.717) is 11.1 Å². The van der Waals surface area contributed by atoms with Crippen LogP contribution in [0, 0.1) is 10.9 Å². The molecule has 0 aliphatic rings. The molecule has 102 valence electrons. The van der Waals surface area contributed by atoms with Crippen LogP contribution in [0.1, 0.15) is 17.2 Å². The molecule has 0 heterocycles. The maximum atomic E-state index is 12.0. The maximum Gasteiger partial charge on any atom is 0.279 e. The standard InChI is InChI=1S/C12H16N4O3/c1-16(19-3)12(17)10(18-2)8-4-6-9(7-5-8)11(13)15-14/h4-7,10,13-14H,1-3H3. The molecule has 0 aliphatic carbocycles. The molecule has 7 heteroatoms. The van der Waals surface area contributed by atoms with Crippen molar-refractivity contribution in [1.82, 2.24) is 5.06 Å². The monoisotopic (exact) mass is 264 g/mol. The molecule has 2 N–H and O–H groups in total. The third-order valence-corrected chi connectivity index (χ3v) is 2.64. The Kier molecular flexibility index (Phi) is 5.28. The molecule has 0 spiro atoms. The number of ether oxygens (including phenoxy) is 1. The first-order valence-corrected chi connectivity index (χ1v) is 5.46. The number of amidine groups is 1. The van der Waals surface area contributed by atoms with E-state index in [1.54, 1.807) is 24.3 Å². The molecule has 1 atom stereocenters. The van der Waals surface area contributed by atoms with E-state index in [1.807, 2.05) is 0 Å². The van der Waals surface area contributed by atoms with Crippen molar-refractivity contribution < 1.29 is 14.4 Å². The Balaban J connectivity index is 2.97. The summed E-state index contributed by atoms with van der Waals surface area (Å²) in [6.07, 6.45) is -0.777. The van der Waals surface area contributed by atoms with E-state index < -0.39 is 6.10 Å². The Bertz CT molecular complexity index is 472. The van der Waals surface area contributed by atoms with Crippen molar-refractivity contribution in [3.63, 3.8) is 0 Å². The fraction of sp³-hybridized carbons (Fsp3) is 0.333. The maximum absolute atomic E-state index is 12.0. The van der Waals surface area contributed by atoms with Gasteiger partial charge in [0.05, 0.1) is 7.11 Å². The first-order valence-electron chi connectivity index (χ1n) is 5.46. The van der Waals surface area contributed by atoms with E-state index in [1.165, 1.54) is 21.3 Å².